The van der Waals surface area contributed by atoms with Crippen LogP contribution in [0.25, 0.3) is 0 Å². The molecule has 0 aromatic rings. The molecule has 24 heavy (non-hydrogen) atoms. The molecule has 2 rings (SSSR count). The number of rotatable bonds is 7. The average molecular weight is 355 g/mol. The Balaban J connectivity index is 1.50. The smallest absolute Gasteiger partial charge is 0.224 e. The van der Waals surface area contributed by atoms with E-state index in [1.807, 2.05) is 0 Å². The fraction of sp³-hybridized carbons (Fsp3) is 0.955. The van der Waals surface area contributed by atoms with Crippen LogP contribution in [0.1, 0.15) is 116 Å². The van der Waals surface area contributed by atoms with Gasteiger partial charge in [0, 0.05) is 5.92 Å². The molecule has 0 spiro atoms. The van der Waals surface area contributed by atoms with Crippen LogP contribution in [0.2, 0.25) is 0 Å². The molecule has 0 aromatic carbocycles. The summed E-state index contributed by atoms with van der Waals surface area (Å²) in [7, 11) is 0. The first-order valence-electron chi connectivity index (χ1n) is 10.9. The van der Waals surface area contributed by atoms with E-state index in [-0.39, 0.29) is 11.2 Å². The van der Waals surface area contributed by atoms with Gasteiger partial charge in [-0.25, -0.2) is 0 Å². The van der Waals surface area contributed by atoms with Crippen molar-refractivity contribution in [1.29, 1.82) is 0 Å². The summed E-state index contributed by atoms with van der Waals surface area (Å²) in [6.07, 6.45) is 25.3. The third-order valence-electron chi connectivity index (χ3n) is 6.51. The van der Waals surface area contributed by atoms with Crippen molar-refractivity contribution >= 4 is 16.8 Å². The van der Waals surface area contributed by atoms with E-state index in [1.165, 1.54) is 103 Å². The molecular formula is C22H39ClO. The van der Waals surface area contributed by atoms with Crippen molar-refractivity contribution in [2.24, 2.45) is 17.8 Å². The Hall–Kier alpha value is -0.0400. The molecule has 0 bridgehead atoms. The highest BCUT2D eigenvalue weighted by atomic mass is 35.5. The minimum absolute atomic E-state index is 0.103. The Kier molecular flexibility index (Phi) is 10.4. The lowest BCUT2D eigenvalue weighted by Crippen LogP contribution is -2.27. The summed E-state index contributed by atoms with van der Waals surface area (Å²) in [4.78, 5) is 11.0. The zero-order valence-electron chi connectivity index (χ0n) is 15.7. The number of carbonyl (C=O) groups excluding carboxylic acids is 1. The lowest BCUT2D eigenvalue weighted by atomic mass is 9.73. The second-order valence-electron chi connectivity index (χ2n) is 8.60. The second kappa shape index (κ2) is 12.3. The summed E-state index contributed by atoms with van der Waals surface area (Å²) in [5, 5.41) is -0.103. The van der Waals surface area contributed by atoms with Crippen molar-refractivity contribution in [3.63, 3.8) is 0 Å². The van der Waals surface area contributed by atoms with E-state index in [1.54, 1.807) is 0 Å². The third-order valence-corrected chi connectivity index (χ3v) is 6.81. The predicted molar refractivity (Wildman–Crippen MR) is 104 cm³/mol. The van der Waals surface area contributed by atoms with Gasteiger partial charge in [-0.1, -0.05) is 103 Å². The Labute approximate surface area is 155 Å². The summed E-state index contributed by atoms with van der Waals surface area (Å²) in [5.41, 5.74) is 0. The lowest BCUT2D eigenvalue weighted by molar-refractivity contribution is -0.118. The van der Waals surface area contributed by atoms with Crippen molar-refractivity contribution in [3.8, 4) is 0 Å². The van der Waals surface area contributed by atoms with Gasteiger partial charge in [0.2, 0.25) is 5.24 Å². The Morgan fingerprint density at radius 3 is 1.62 bits per heavy atom. The summed E-state index contributed by atoms with van der Waals surface area (Å²) < 4.78 is 0. The molecule has 2 fully saturated rings. The average Bonchev–Trinajstić information content (AvgIpc) is 2.50. The van der Waals surface area contributed by atoms with E-state index in [0.29, 0.717) is 0 Å². The van der Waals surface area contributed by atoms with Crippen LogP contribution in [0.4, 0.5) is 0 Å². The Morgan fingerprint density at radius 1 is 0.667 bits per heavy atom. The highest BCUT2D eigenvalue weighted by Gasteiger charge is 2.32. The van der Waals surface area contributed by atoms with Crippen LogP contribution in [0, 0.1) is 17.8 Å². The van der Waals surface area contributed by atoms with Crippen LogP contribution in [0.15, 0.2) is 0 Å². The number of hydrogen-bond acceptors (Lipinski definition) is 1. The molecule has 2 aliphatic carbocycles. The number of hydrogen-bond donors (Lipinski definition) is 0. The van der Waals surface area contributed by atoms with E-state index in [2.05, 4.69) is 0 Å². The molecule has 0 unspecified atom stereocenters. The fourth-order valence-electron chi connectivity index (χ4n) is 4.74. The van der Waals surface area contributed by atoms with E-state index >= 15 is 0 Å². The van der Waals surface area contributed by atoms with E-state index < -0.39 is 0 Å². The number of unbranched alkanes of at least 4 members (excludes halogenated alkanes) is 2. The fourth-order valence-corrected chi connectivity index (χ4v) is 4.91. The van der Waals surface area contributed by atoms with Crippen LogP contribution < -0.4 is 0 Å². The van der Waals surface area contributed by atoms with Crippen molar-refractivity contribution in [3.05, 3.63) is 0 Å². The molecule has 0 saturated heterocycles. The van der Waals surface area contributed by atoms with Crippen molar-refractivity contribution in [2.45, 2.75) is 116 Å². The number of halogens is 1. The minimum atomic E-state index is -0.103. The van der Waals surface area contributed by atoms with E-state index in [4.69, 9.17) is 11.6 Å². The first-order valence-corrected chi connectivity index (χ1v) is 11.3. The monoisotopic (exact) mass is 354 g/mol. The van der Waals surface area contributed by atoms with Crippen LogP contribution in [-0.2, 0) is 4.79 Å². The van der Waals surface area contributed by atoms with E-state index in [0.717, 1.165) is 24.7 Å². The summed E-state index contributed by atoms with van der Waals surface area (Å²) in [6, 6.07) is 0. The molecule has 0 atom stereocenters. The van der Waals surface area contributed by atoms with Gasteiger partial charge in [-0.3, -0.25) is 4.79 Å². The molecule has 2 saturated carbocycles. The highest BCUT2D eigenvalue weighted by molar-refractivity contribution is 6.64. The second-order valence-corrected chi connectivity index (χ2v) is 8.97. The Bertz CT molecular complexity index is 323. The maximum Gasteiger partial charge on any atom is 0.224 e. The maximum atomic E-state index is 11.0. The van der Waals surface area contributed by atoms with Crippen LogP contribution >= 0.6 is 11.6 Å². The van der Waals surface area contributed by atoms with Gasteiger partial charge >= 0.3 is 0 Å². The molecular weight excluding hydrogens is 316 g/mol. The largest absolute Gasteiger partial charge is 0.281 e. The van der Waals surface area contributed by atoms with Gasteiger partial charge in [0.05, 0.1) is 0 Å². The normalized spacial score (nSPS) is 27.7. The molecule has 140 valence electrons. The molecule has 0 aliphatic heterocycles. The summed E-state index contributed by atoms with van der Waals surface area (Å²) in [5.74, 6) is 1.98. The van der Waals surface area contributed by atoms with Crippen LogP contribution in [-0.4, -0.2) is 5.24 Å². The van der Waals surface area contributed by atoms with Gasteiger partial charge in [0.25, 0.3) is 0 Å². The molecule has 0 N–H and O–H groups in total. The first kappa shape index (κ1) is 20.3. The van der Waals surface area contributed by atoms with Gasteiger partial charge in [-0.05, 0) is 36.3 Å². The lowest BCUT2D eigenvalue weighted by Gasteiger charge is -2.32. The summed E-state index contributed by atoms with van der Waals surface area (Å²) >= 11 is 5.54. The van der Waals surface area contributed by atoms with Gasteiger partial charge < -0.3 is 0 Å². The molecule has 2 aliphatic rings. The van der Waals surface area contributed by atoms with Crippen LogP contribution in [0.5, 0.6) is 0 Å². The minimum Gasteiger partial charge on any atom is -0.281 e. The van der Waals surface area contributed by atoms with Gasteiger partial charge in [-0.15, -0.1) is 0 Å². The SMILES string of the molecule is O=C(Cl)C1CC(CCCCCC2CCCCCCCCCCC2)C1. The molecule has 2 heteroatoms. The van der Waals surface area contributed by atoms with Crippen molar-refractivity contribution < 1.29 is 4.79 Å². The Morgan fingerprint density at radius 2 is 1.12 bits per heavy atom. The predicted octanol–water partition coefficient (Wildman–Crippen LogP) is 7.65. The molecule has 0 heterocycles. The third kappa shape index (κ3) is 8.37. The first-order chi connectivity index (χ1) is 11.8. The van der Waals surface area contributed by atoms with Gasteiger partial charge in [0.15, 0.2) is 0 Å². The standard InChI is InChI=1S/C22H39ClO/c23-22(24)21-17-20(18-21)16-12-8-11-15-19-13-9-6-4-2-1-3-5-7-10-14-19/h19-21H,1-18H2. The topological polar surface area (TPSA) is 17.1 Å². The number of carbonyl (C=O) groups is 1. The molecule has 1 nitrogen and oxygen atoms in total. The molecule has 0 aromatic heterocycles. The zero-order chi connectivity index (χ0) is 17.0. The molecule has 0 amide bonds. The van der Waals surface area contributed by atoms with E-state index in [9.17, 15) is 4.79 Å². The zero-order valence-corrected chi connectivity index (χ0v) is 16.5. The van der Waals surface area contributed by atoms with Gasteiger partial charge in [-0.2, -0.15) is 0 Å². The molecule has 0 radical (unpaired) electrons. The highest BCUT2D eigenvalue weighted by Crippen LogP contribution is 2.38. The van der Waals surface area contributed by atoms with Crippen LogP contribution in [0.3, 0.4) is 0 Å². The van der Waals surface area contributed by atoms with Crippen molar-refractivity contribution in [2.75, 3.05) is 0 Å². The maximum absolute atomic E-state index is 11.0. The summed E-state index contributed by atoms with van der Waals surface area (Å²) in [6.45, 7) is 0. The van der Waals surface area contributed by atoms with Crippen molar-refractivity contribution in [1.82, 2.24) is 0 Å². The van der Waals surface area contributed by atoms with Gasteiger partial charge in [0.1, 0.15) is 0 Å². The quantitative estimate of drug-likeness (QED) is 0.339.